The van der Waals surface area contributed by atoms with E-state index in [-0.39, 0.29) is 23.8 Å². The molecule has 1 aliphatic rings. The molecule has 0 heterocycles. The third-order valence-corrected chi connectivity index (χ3v) is 5.49. The highest BCUT2D eigenvalue weighted by molar-refractivity contribution is 5.79. The third-order valence-electron chi connectivity index (χ3n) is 5.49. The van der Waals surface area contributed by atoms with Gasteiger partial charge in [0.05, 0.1) is 0 Å². The summed E-state index contributed by atoms with van der Waals surface area (Å²) in [6.45, 7) is 2.71. The van der Waals surface area contributed by atoms with Crippen LogP contribution in [-0.4, -0.2) is 18.5 Å². The van der Waals surface area contributed by atoms with Crippen LogP contribution >= 0.6 is 0 Å². The summed E-state index contributed by atoms with van der Waals surface area (Å²) in [6.07, 6.45) is 3.14. The Kier molecular flexibility index (Phi) is 5.87. The number of carbonyl (C=O) groups is 1. The lowest BCUT2D eigenvalue weighted by Crippen LogP contribution is -2.42. The fourth-order valence-electron chi connectivity index (χ4n) is 4.17. The summed E-state index contributed by atoms with van der Waals surface area (Å²) >= 11 is 0. The van der Waals surface area contributed by atoms with Gasteiger partial charge in [0, 0.05) is 17.9 Å². The zero-order valence-electron chi connectivity index (χ0n) is 14.9. The van der Waals surface area contributed by atoms with Gasteiger partial charge in [-0.25, -0.2) is 0 Å². The molecule has 1 amide bonds. The molecule has 2 aromatic rings. The molecule has 25 heavy (non-hydrogen) atoms. The number of nitrogens with one attached hydrogen (secondary N) is 1. The monoisotopic (exact) mass is 336 g/mol. The van der Waals surface area contributed by atoms with Gasteiger partial charge < -0.3 is 11.1 Å². The van der Waals surface area contributed by atoms with Crippen LogP contribution in [0.4, 0.5) is 0 Å². The molecule has 0 aliphatic heterocycles. The Hall–Kier alpha value is -2.13. The Morgan fingerprint density at radius 2 is 1.60 bits per heavy atom. The number of amides is 1. The molecule has 3 atom stereocenters. The van der Waals surface area contributed by atoms with E-state index in [4.69, 9.17) is 5.73 Å². The molecule has 1 fully saturated rings. The van der Waals surface area contributed by atoms with Crippen LogP contribution in [-0.2, 0) is 4.79 Å². The summed E-state index contributed by atoms with van der Waals surface area (Å²) in [5, 5.41) is 3.29. The first kappa shape index (κ1) is 17.7. The molecule has 2 aromatic carbocycles. The van der Waals surface area contributed by atoms with Gasteiger partial charge in [-0.1, -0.05) is 67.1 Å². The molecule has 1 aliphatic carbocycles. The van der Waals surface area contributed by atoms with E-state index >= 15 is 0 Å². The molecule has 3 N–H and O–H groups in total. The predicted molar refractivity (Wildman–Crippen MR) is 102 cm³/mol. The van der Waals surface area contributed by atoms with Crippen molar-refractivity contribution in [3.8, 4) is 0 Å². The van der Waals surface area contributed by atoms with Crippen molar-refractivity contribution < 1.29 is 4.79 Å². The molecular weight excluding hydrogens is 308 g/mol. The number of carbonyl (C=O) groups excluding carboxylic acids is 1. The fourth-order valence-corrected chi connectivity index (χ4v) is 4.17. The summed E-state index contributed by atoms with van der Waals surface area (Å²) in [4.78, 5) is 12.8. The summed E-state index contributed by atoms with van der Waals surface area (Å²) < 4.78 is 0. The number of rotatable bonds is 6. The maximum atomic E-state index is 12.8. The van der Waals surface area contributed by atoms with Crippen LogP contribution in [0.1, 0.15) is 43.2 Å². The van der Waals surface area contributed by atoms with Crippen LogP contribution in [0.3, 0.4) is 0 Å². The van der Waals surface area contributed by atoms with Crippen LogP contribution in [0.25, 0.3) is 0 Å². The van der Waals surface area contributed by atoms with Crippen molar-refractivity contribution in [2.45, 2.75) is 38.1 Å². The highest BCUT2D eigenvalue weighted by Crippen LogP contribution is 2.32. The van der Waals surface area contributed by atoms with E-state index < -0.39 is 0 Å². The minimum Gasteiger partial charge on any atom is -0.352 e. The van der Waals surface area contributed by atoms with Gasteiger partial charge in [-0.05, 0) is 43.4 Å². The quantitative estimate of drug-likeness (QED) is 0.845. The average Bonchev–Trinajstić information content (AvgIpc) is 3.12. The topological polar surface area (TPSA) is 55.1 Å². The SMILES string of the molecule is CC(NC(=O)[C@@H]1CCC[C@@H]1CN)C(c1ccccc1)c1ccccc1. The first-order chi connectivity index (χ1) is 12.2. The summed E-state index contributed by atoms with van der Waals surface area (Å²) in [5.41, 5.74) is 8.31. The maximum Gasteiger partial charge on any atom is 0.223 e. The van der Waals surface area contributed by atoms with Gasteiger partial charge >= 0.3 is 0 Å². The van der Waals surface area contributed by atoms with Gasteiger partial charge in [0.2, 0.25) is 5.91 Å². The molecule has 132 valence electrons. The normalized spacial score (nSPS) is 21.2. The summed E-state index contributed by atoms with van der Waals surface area (Å²) in [5.74, 6) is 0.708. The molecule has 0 saturated heterocycles. The summed E-state index contributed by atoms with van der Waals surface area (Å²) in [7, 11) is 0. The Morgan fingerprint density at radius 3 is 2.12 bits per heavy atom. The van der Waals surface area contributed by atoms with E-state index in [1.54, 1.807) is 0 Å². The van der Waals surface area contributed by atoms with Gasteiger partial charge in [0.25, 0.3) is 0 Å². The first-order valence-corrected chi connectivity index (χ1v) is 9.31. The lowest BCUT2D eigenvalue weighted by Gasteiger charge is -2.28. The standard InChI is InChI=1S/C22H28N2O/c1-16(24-22(25)20-14-8-13-19(20)15-23)21(17-9-4-2-5-10-17)18-11-6-3-7-12-18/h2-7,9-12,16,19-21H,8,13-15,23H2,1H3,(H,24,25)/t16?,19-,20-/m1/s1. The van der Waals surface area contributed by atoms with E-state index in [0.717, 1.165) is 19.3 Å². The third kappa shape index (κ3) is 4.10. The van der Waals surface area contributed by atoms with Crippen molar-refractivity contribution in [1.82, 2.24) is 5.32 Å². The first-order valence-electron chi connectivity index (χ1n) is 9.31. The average molecular weight is 336 g/mol. The highest BCUT2D eigenvalue weighted by atomic mass is 16.2. The second-order valence-corrected chi connectivity index (χ2v) is 7.13. The van der Waals surface area contributed by atoms with Crippen LogP contribution in [0.15, 0.2) is 60.7 Å². The molecule has 3 nitrogen and oxygen atoms in total. The molecule has 0 aromatic heterocycles. The van der Waals surface area contributed by atoms with Crippen LogP contribution < -0.4 is 11.1 Å². The lowest BCUT2D eigenvalue weighted by atomic mass is 9.85. The van der Waals surface area contributed by atoms with Crippen molar-refractivity contribution in [2.24, 2.45) is 17.6 Å². The molecule has 3 rings (SSSR count). The largest absolute Gasteiger partial charge is 0.352 e. The van der Waals surface area contributed by atoms with Crippen LogP contribution in [0.5, 0.6) is 0 Å². The number of benzene rings is 2. The minimum absolute atomic E-state index is 0.0244. The molecular formula is C22H28N2O. The van der Waals surface area contributed by atoms with Gasteiger partial charge in [0.15, 0.2) is 0 Å². The lowest BCUT2D eigenvalue weighted by molar-refractivity contribution is -0.126. The van der Waals surface area contributed by atoms with E-state index in [1.807, 2.05) is 12.1 Å². The molecule has 1 saturated carbocycles. The van der Waals surface area contributed by atoms with E-state index in [2.05, 4.69) is 60.8 Å². The molecule has 3 heteroatoms. The van der Waals surface area contributed by atoms with E-state index in [9.17, 15) is 4.79 Å². The van der Waals surface area contributed by atoms with Gasteiger partial charge in [-0.2, -0.15) is 0 Å². The number of nitrogens with two attached hydrogens (primary N) is 1. The highest BCUT2D eigenvalue weighted by Gasteiger charge is 2.33. The van der Waals surface area contributed by atoms with Crippen molar-refractivity contribution in [2.75, 3.05) is 6.54 Å². The second kappa shape index (κ2) is 8.30. The molecule has 0 spiro atoms. The maximum absolute atomic E-state index is 12.8. The van der Waals surface area contributed by atoms with Crippen LogP contribution in [0.2, 0.25) is 0 Å². The smallest absolute Gasteiger partial charge is 0.223 e. The van der Waals surface area contributed by atoms with Crippen LogP contribution in [0, 0.1) is 11.8 Å². The Bertz CT molecular complexity index is 631. The fraction of sp³-hybridized carbons (Fsp3) is 0.409. The van der Waals surface area contributed by atoms with E-state index in [0.29, 0.717) is 12.5 Å². The predicted octanol–water partition coefficient (Wildman–Crippen LogP) is 3.70. The van der Waals surface area contributed by atoms with Gasteiger partial charge in [0.1, 0.15) is 0 Å². The Morgan fingerprint density at radius 1 is 1.04 bits per heavy atom. The molecule has 0 bridgehead atoms. The number of hydrogen-bond donors (Lipinski definition) is 2. The van der Waals surface area contributed by atoms with E-state index in [1.165, 1.54) is 11.1 Å². The number of hydrogen-bond acceptors (Lipinski definition) is 2. The van der Waals surface area contributed by atoms with Gasteiger partial charge in [-0.3, -0.25) is 4.79 Å². The molecule has 1 unspecified atom stereocenters. The van der Waals surface area contributed by atoms with Crippen molar-refractivity contribution in [3.63, 3.8) is 0 Å². The van der Waals surface area contributed by atoms with Gasteiger partial charge in [-0.15, -0.1) is 0 Å². The van der Waals surface area contributed by atoms with Crippen molar-refractivity contribution in [1.29, 1.82) is 0 Å². The minimum atomic E-state index is 0.0244. The Labute approximate surface area is 150 Å². The summed E-state index contributed by atoms with van der Waals surface area (Å²) in [6, 6.07) is 20.9. The zero-order valence-corrected chi connectivity index (χ0v) is 14.9. The van der Waals surface area contributed by atoms with Crippen molar-refractivity contribution >= 4 is 5.91 Å². The molecule has 0 radical (unpaired) electrons. The Balaban J connectivity index is 1.80. The van der Waals surface area contributed by atoms with Crippen molar-refractivity contribution in [3.05, 3.63) is 71.8 Å². The zero-order chi connectivity index (χ0) is 17.6. The second-order valence-electron chi connectivity index (χ2n) is 7.13.